The van der Waals surface area contributed by atoms with Crippen LogP contribution in [0, 0.1) is 5.92 Å². The molecular formula is C7H15NO2S2. The second-order valence-corrected chi connectivity index (χ2v) is 6.29. The molecule has 0 aromatic rings. The van der Waals surface area contributed by atoms with Gasteiger partial charge in [0, 0.05) is 11.8 Å². The van der Waals surface area contributed by atoms with Gasteiger partial charge in [-0.25, -0.2) is 13.1 Å². The SMILES string of the molecule is CSC1CC(CNS(C)(=O)=O)C1. The van der Waals surface area contributed by atoms with Crippen molar-refractivity contribution in [2.24, 2.45) is 5.92 Å². The molecule has 0 spiro atoms. The van der Waals surface area contributed by atoms with Crippen LogP contribution in [0.5, 0.6) is 0 Å². The van der Waals surface area contributed by atoms with Gasteiger partial charge in [-0.1, -0.05) is 0 Å². The largest absolute Gasteiger partial charge is 0.215 e. The summed E-state index contributed by atoms with van der Waals surface area (Å²) in [5.74, 6) is 0.567. The first-order valence-electron chi connectivity index (χ1n) is 3.98. The lowest BCUT2D eigenvalue weighted by molar-refractivity contribution is 0.329. The number of hydrogen-bond donors (Lipinski definition) is 1. The van der Waals surface area contributed by atoms with Crippen molar-refractivity contribution >= 4 is 21.8 Å². The van der Waals surface area contributed by atoms with E-state index in [4.69, 9.17) is 0 Å². The van der Waals surface area contributed by atoms with Crippen LogP contribution in [0.1, 0.15) is 12.8 Å². The van der Waals surface area contributed by atoms with Gasteiger partial charge in [-0.15, -0.1) is 0 Å². The fourth-order valence-electron chi connectivity index (χ4n) is 1.30. The zero-order valence-electron chi connectivity index (χ0n) is 7.41. The molecule has 0 aromatic carbocycles. The highest BCUT2D eigenvalue weighted by Crippen LogP contribution is 2.34. The van der Waals surface area contributed by atoms with E-state index in [1.165, 1.54) is 6.26 Å². The molecule has 0 radical (unpaired) electrons. The first-order valence-corrected chi connectivity index (χ1v) is 7.16. The van der Waals surface area contributed by atoms with Crippen molar-refractivity contribution in [3.05, 3.63) is 0 Å². The maximum atomic E-state index is 10.7. The summed E-state index contributed by atoms with van der Waals surface area (Å²) in [6, 6.07) is 0. The Balaban J connectivity index is 2.12. The summed E-state index contributed by atoms with van der Waals surface area (Å²) in [7, 11) is -2.98. The molecule has 72 valence electrons. The van der Waals surface area contributed by atoms with E-state index in [2.05, 4.69) is 11.0 Å². The van der Waals surface area contributed by atoms with Gasteiger partial charge < -0.3 is 0 Å². The topological polar surface area (TPSA) is 46.2 Å². The van der Waals surface area contributed by atoms with Crippen LogP contribution in [0.25, 0.3) is 0 Å². The molecule has 0 saturated heterocycles. The van der Waals surface area contributed by atoms with Crippen LogP contribution in [0.15, 0.2) is 0 Å². The zero-order chi connectivity index (χ0) is 9.19. The zero-order valence-corrected chi connectivity index (χ0v) is 9.04. The minimum Gasteiger partial charge on any atom is -0.215 e. The van der Waals surface area contributed by atoms with Crippen molar-refractivity contribution in [3.8, 4) is 0 Å². The van der Waals surface area contributed by atoms with Crippen molar-refractivity contribution in [2.45, 2.75) is 18.1 Å². The lowest BCUT2D eigenvalue weighted by Gasteiger charge is -2.33. The fraction of sp³-hybridized carbons (Fsp3) is 1.00. The molecule has 12 heavy (non-hydrogen) atoms. The lowest BCUT2D eigenvalue weighted by atomic mass is 9.85. The molecule has 1 fully saturated rings. The van der Waals surface area contributed by atoms with Gasteiger partial charge >= 0.3 is 0 Å². The molecule has 0 atom stereocenters. The Morgan fingerprint density at radius 2 is 2.08 bits per heavy atom. The van der Waals surface area contributed by atoms with Gasteiger partial charge in [-0.3, -0.25) is 0 Å². The average molecular weight is 209 g/mol. The van der Waals surface area contributed by atoms with Crippen molar-refractivity contribution in [1.82, 2.24) is 4.72 Å². The fourth-order valence-corrected chi connectivity index (χ4v) is 2.77. The van der Waals surface area contributed by atoms with Crippen LogP contribution in [0.3, 0.4) is 0 Å². The molecule has 1 aliphatic rings. The Bertz CT molecular complexity index is 232. The smallest absolute Gasteiger partial charge is 0.208 e. The Kier molecular flexibility index (Phi) is 3.43. The molecule has 0 aliphatic heterocycles. The third kappa shape index (κ3) is 3.33. The molecular weight excluding hydrogens is 194 g/mol. The van der Waals surface area contributed by atoms with Crippen molar-refractivity contribution < 1.29 is 8.42 Å². The summed E-state index contributed by atoms with van der Waals surface area (Å²) in [5, 5.41) is 0.761. The quantitative estimate of drug-likeness (QED) is 0.740. The molecule has 3 nitrogen and oxygen atoms in total. The summed E-state index contributed by atoms with van der Waals surface area (Å²) < 4.78 is 24.0. The number of rotatable bonds is 4. The normalized spacial score (nSPS) is 29.8. The Morgan fingerprint density at radius 3 is 2.50 bits per heavy atom. The number of thioether (sulfide) groups is 1. The molecule has 0 aromatic heterocycles. The maximum Gasteiger partial charge on any atom is 0.208 e. The van der Waals surface area contributed by atoms with Gasteiger partial charge in [-0.2, -0.15) is 11.8 Å². The molecule has 1 saturated carbocycles. The van der Waals surface area contributed by atoms with E-state index in [1.54, 1.807) is 0 Å². The number of sulfonamides is 1. The van der Waals surface area contributed by atoms with Crippen molar-refractivity contribution in [3.63, 3.8) is 0 Å². The Morgan fingerprint density at radius 1 is 1.50 bits per heavy atom. The summed E-state index contributed by atoms with van der Waals surface area (Å²) in [4.78, 5) is 0. The number of hydrogen-bond acceptors (Lipinski definition) is 3. The second-order valence-electron chi connectivity index (χ2n) is 3.32. The monoisotopic (exact) mass is 209 g/mol. The number of nitrogens with one attached hydrogen (secondary N) is 1. The average Bonchev–Trinajstić information content (AvgIpc) is 1.82. The third-order valence-corrected chi connectivity index (χ3v) is 3.90. The highest BCUT2D eigenvalue weighted by Gasteiger charge is 2.28. The minimum atomic E-state index is -2.98. The van der Waals surface area contributed by atoms with Gasteiger partial charge in [0.05, 0.1) is 6.26 Å². The van der Waals surface area contributed by atoms with Crippen molar-refractivity contribution in [2.75, 3.05) is 19.1 Å². The van der Waals surface area contributed by atoms with Crippen LogP contribution in [-0.2, 0) is 10.0 Å². The van der Waals surface area contributed by atoms with Crippen LogP contribution < -0.4 is 4.72 Å². The van der Waals surface area contributed by atoms with E-state index in [-0.39, 0.29) is 0 Å². The van der Waals surface area contributed by atoms with Gasteiger partial charge in [0.2, 0.25) is 10.0 Å². The first kappa shape index (κ1) is 10.3. The minimum absolute atomic E-state index is 0.567. The standard InChI is InChI=1S/C7H15NO2S2/c1-11-7-3-6(4-7)5-8-12(2,9)10/h6-8H,3-5H2,1-2H3. The van der Waals surface area contributed by atoms with Crippen LogP contribution in [0.4, 0.5) is 0 Å². The van der Waals surface area contributed by atoms with E-state index in [0.717, 1.165) is 18.1 Å². The summed E-state index contributed by atoms with van der Waals surface area (Å²) >= 11 is 1.87. The molecule has 0 amide bonds. The van der Waals surface area contributed by atoms with E-state index in [0.29, 0.717) is 12.5 Å². The molecule has 0 bridgehead atoms. The predicted octanol–water partition coefficient (Wildman–Crippen LogP) is 0.677. The third-order valence-electron chi connectivity index (χ3n) is 2.16. The molecule has 1 rings (SSSR count). The van der Waals surface area contributed by atoms with E-state index >= 15 is 0 Å². The Labute approximate surface area is 78.4 Å². The summed E-state index contributed by atoms with van der Waals surface area (Å²) in [5.41, 5.74) is 0. The van der Waals surface area contributed by atoms with E-state index < -0.39 is 10.0 Å². The maximum absolute atomic E-state index is 10.7. The van der Waals surface area contributed by atoms with Crippen LogP contribution in [-0.4, -0.2) is 32.7 Å². The van der Waals surface area contributed by atoms with Crippen molar-refractivity contribution in [1.29, 1.82) is 0 Å². The molecule has 0 unspecified atom stereocenters. The van der Waals surface area contributed by atoms with Crippen LogP contribution in [0.2, 0.25) is 0 Å². The summed E-state index contributed by atoms with van der Waals surface area (Å²) in [6.07, 6.45) is 5.62. The molecule has 1 N–H and O–H groups in total. The predicted molar refractivity (Wildman–Crippen MR) is 52.9 cm³/mol. The van der Waals surface area contributed by atoms with Crippen LogP contribution >= 0.6 is 11.8 Å². The Hall–Kier alpha value is 0.260. The highest BCUT2D eigenvalue weighted by molar-refractivity contribution is 7.99. The van der Waals surface area contributed by atoms with E-state index in [1.807, 2.05) is 11.8 Å². The van der Waals surface area contributed by atoms with E-state index in [9.17, 15) is 8.42 Å². The first-order chi connectivity index (χ1) is 5.51. The van der Waals surface area contributed by atoms with Gasteiger partial charge in [0.1, 0.15) is 0 Å². The molecule has 1 aliphatic carbocycles. The van der Waals surface area contributed by atoms with Gasteiger partial charge in [-0.05, 0) is 25.0 Å². The van der Waals surface area contributed by atoms with Gasteiger partial charge in [0.15, 0.2) is 0 Å². The molecule has 0 heterocycles. The molecule has 5 heteroatoms. The lowest BCUT2D eigenvalue weighted by Crippen LogP contribution is -2.36. The second kappa shape index (κ2) is 3.98. The van der Waals surface area contributed by atoms with Gasteiger partial charge in [0.25, 0.3) is 0 Å². The summed E-state index contributed by atoms with van der Waals surface area (Å²) in [6.45, 7) is 0.621. The highest BCUT2D eigenvalue weighted by atomic mass is 32.2.